The lowest BCUT2D eigenvalue weighted by molar-refractivity contribution is 0.240. The fourth-order valence-corrected chi connectivity index (χ4v) is 3.76. The highest BCUT2D eigenvalue weighted by molar-refractivity contribution is 6.73. The summed E-state index contributed by atoms with van der Waals surface area (Å²) in [5.74, 6) is 0. The Hall–Kier alpha value is 0.314. The van der Waals surface area contributed by atoms with E-state index in [9.17, 15) is 0 Å². The van der Waals surface area contributed by atoms with Gasteiger partial charge in [-0.2, -0.15) is 0 Å². The number of hydrogen-bond acceptors (Lipinski definition) is 3. The Labute approximate surface area is 112 Å². The minimum absolute atomic E-state index is 0.589. The molecule has 0 aliphatic heterocycles. The molecule has 0 aliphatic carbocycles. The molecule has 0 unspecified atom stereocenters. The summed E-state index contributed by atoms with van der Waals surface area (Å²) >= 11 is 0. The summed E-state index contributed by atoms with van der Waals surface area (Å²) in [4.78, 5) is 0. The van der Waals surface area contributed by atoms with Crippen LogP contribution in [0.25, 0.3) is 0 Å². The van der Waals surface area contributed by atoms with Crippen LogP contribution >= 0.6 is 0 Å². The maximum absolute atomic E-state index is 4.99. The Balaban J connectivity index is 0. The van der Waals surface area contributed by atoms with Crippen molar-refractivity contribution in [1.29, 1.82) is 0 Å². The van der Waals surface area contributed by atoms with Gasteiger partial charge in [0.25, 0.3) is 0 Å². The van der Waals surface area contributed by atoms with E-state index in [1.807, 2.05) is 13.8 Å². The van der Waals surface area contributed by atoms with Crippen LogP contribution in [0, 0.1) is 0 Å². The monoisotopic (exact) mass is 279 g/mol. The summed E-state index contributed by atoms with van der Waals surface area (Å²) in [6, 6.07) is 0. The predicted molar refractivity (Wildman–Crippen MR) is 82.7 cm³/mol. The van der Waals surface area contributed by atoms with Crippen molar-refractivity contribution in [3.8, 4) is 0 Å². The molecule has 0 amide bonds. The summed E-state index contributed by atoms with van der Waals surface area (Å²) in [5, 5.41) is 0. The maximum atomic E-state index is 4.99. The molecule has 106 valence electrons. The molecule has 0 spiro atoms. The highest BCUT2D eigenvalue weighted by atomic mass is 28.3. The van der Waals surface area contributed by atoms with Crippen LogP contribution in [0.4, 0.5) is 0 Å². The van der Waals surface area contributed by atoms with Gasteiger partial charge in [0.2, 0.25) is 0 Å². The number of hydrogen-bond donors (Lipinski definition) is 0. The van der Waals surface area contributed by atoms with Crippen LogP contribution < -0.4 is 0 Å². The van der Waals surface area contributed by atoms with Gasteiger partial charge in [0.05, 0.1) is 0 Å². The Bertz CT molecular complexity index is 148. The highest BCUT2D eigenvalue weighted by Crippen LogP contribution is 2.08. The summed E-state index contributed by atoms with van der Waals surface area (Å²) in [7, 11) is -1.56. The molecule has 0 aromatic heterocycles. The second-order valence-corrected chi connectivity index (χ2v) is 10.9. The topological polar surface area (TPSA) is 21.7 Å². The van der Waals surface area contributed by atoms with Crippen molar-refractivity contribution in [3.05, 3.63) is 0 Å². The van der Waals surface area contributed by atoms with Crippen molar-refractivity contribution in [1.82, 2.24) is 4.57 Å². The lowest BCUT2D eigenvalue weighted by atomic mass is 10.5. The van der Waals surface area contributed by atoms with Crippen LogP contribution in [-0.2, 0) is 8.85 Å². The van der Waals surface area contributed by atoms with Gasteiger partial charge in [0.1, 0.15) is 8.24 Å². The number of rotatable bonds is 8. The van der Waals surface area contributed by atoms with Crippen molar-refractivity contribution in [2.75, 3.05) is 26.3 Å². The minimum Gasteiger partial charge on any atom is -0.399 e. The van der Waals surface area contributed by atoms with E-state index in [2.05, 4.69) is 38.1 Å². The molecule has 0 atom stereocenters. The first kappa shape index (κ1) is 19.6. The average Bonchev–Trinajstić information content (AvgIpc) is 2.26. The van der Waals surface area contributed by atoms with E-state index in [1.54, 1.807) is 0 Å². The van der Waals surface area contributed by atoms with Gasteiger partial charge in [-0.3, -0.25) is 0 Å². The average molecular weight is 280 g/mol. The Morgan fingerprint density at radius 3 is 1.59 bits per heavy atom. The van der Waals surface area contributed by atoms with Crippen molar-refractivity contribution < 1.29 is 8.85 Å². The van der Waals surface area contributed by atoms with Crippen molar-refractivity contribution >= 4 is 18.2 Å². The zero-order valence-corrected chi connectivity index (χ0v) is 15.4. The van der Waals surface area contributed by atoms with E-state index >= 15 is 0 Å². The van der Waals surface area contributed by atoms with Gasteiger partial charge >= 0.3 is 10.0 Å². The lowest BCUT2D eigenvalue weighted by Gasteiger charge is -2.32. The normalized spacial score (nSPS) is 11.3. The van der Waals surface area contributed by atoms with E-state index in [1.165, 1.54) is 19.5 Å². The largest absolute Gasteiger partial charge is 0.399 e. The van der Waals surface area contributed by atoms with E-state index in [0.717, 1.165) is 13.2 Å². The van der Waals surface area contributed by atoms with E-state index in [0.29, 0.717) is 0 Å². The predicted octanol–water partition coefficient (Wildman–Crippen LogP) is 2.61. The molecule has 0 saturated heterocycles. The molecule has 0 fully saturated rings. The molecule has 5 heteroatoms. The zero-order chi connectivity index (χ0) is 13.7. The summed E-state index contributed by atoms with van der Waals surface area (Å²) < 4.78 is 12.6. The van der Waals surface area contributed by atoms with Crippen molar-refractivity contribution in [2.45, 2.75) is 53.8 Å². The molecule has 0 heterocycles. The van der Waals surface area contributed by atoms with Gasteiger partial charge in [-0.1, -0.05) is 33.5 Å². The molecule has 0 aromatic carbocycles. The Kier molecular flexibility index (Phi) is 14.8. The third-order valence-electron chi connectivity index (χ3n) is 2.40. The summed E-state index contributed by atoms with van der Waals surface area (Å²) in [5.41, 5.74) is 0. The fourth-order valence-electron chi connectivity index (χ4n) is 1.46. The molecular weight excluding hydrogens is 246 g/mol. The third kappa shape index (κ3) is 14.3. The minimum atomic E-state index is -0.974. The molecular formula is C12H33NO2Si2. The summed E-state index contributed by atoms with van der Waals surface area (Å²) in [6.45, 7) is 19.8. The first-order valence-corrected chi connectivity index (χ1v) is 11.4. The molecule has 0 rings (SSSR count). The van der Waals surface area contributed by atoms with Crippen LogP contribution in [0.1, 0.15) is 34.1 Å². The molecule has 0 aromatic rings. The van der Waals surface area contributed by atoms with Gasteiger partial charge in [0, 0.05) is 13.2 Å². The van der Waals surface area contributed by atoms with Crippen molar-refractivity contribution in [3.63, 3.8) is 0 Å². The first-order valence-electron chi connectivity index (χ1n) is 6.84. The molecule has 0 N–H and O–H groups in total. The van der Waals surface area contributed by atoms with Crippen molar-refractivity contribution in [2.24, 2.45) is 0 Å². The van der Waals surface area contributed by atoms with Crippen LogP contribution in [0.5, 0.6) is 0 Å². The van der Waals surface area contributed by atoms with Crippen LogP contribution in [0.3, 0.4) is 0 Å². The molecule has 17 heavy (non-hydrogen) atoms. The lowest BCUT2D eigenvalue weighted by Crippen LogP contribution is -2.46. The third-order valence-corrected chi connectivity index (χ3v) is 5.99. The molecule has 0 aliphatic rings. The standard InChI is InChI=1S/C8H21NSi.C4H12O2Si/c1-6-8-9(7-2)10(3,4)5;1-3-5-7-6-4-2/h6-8H2,1-5H3;3-4,7H2,1-2H3. The molecule has 0 radical (unpaired) electrons. The van der Waals surface area contributed by atoms with Crippen LogP contribution in [0.15, 0.2) is 0 Å². The van der Waals surface area contributed by atoms with E-state index in [-0.39, 0.29) is 0 Å². The molecule has 0 saturated carbocycles. The first-order chi connectivity index (χ1) is 7.93. The van der Waals surface area contributed by atoms with Gasteiger partial charge in [-0.25, -0.2) is 0 Å². The molecule has 3 nitrogen and oxygen atoms in total. The Morgan fingerprint density at radius 1 is 0.941 bits per heavy atom. The summed E-state index contributed by atoms with van der Waals surface area (Å²) in [6.07, 6.45) is 1.29. The second kappa shape index (κ2) is 12.8. The van der Waals surface area contributed by atoms with Gasteiger partial charge in [-0.05, 0) is 33.4 Å². The van der Waals surface area contributed by atoms with Gasteiger partial charge in [-0.15, -0.1) is 0 Å². The zero-order valence-electron chi connectivity index (χ0n) is 13.0. The SMILES string of the molecule is CCCN(CC)[Si](C)(C)C.CCO[SiH2]OCC. The van der Waals surface area contributed by atoms with Gasteiger partial charge in [0.15, 0.2) is 0 Å². The van der Waals surface area contributed by atoms with Gasteiger partial charge < -0.3 is 13.4 Å². The number of nitrogens with zero attached hydrogens (tertiary/aromatic N) is 1. The second-order valence-electron chi connectivity index (χ2n) is 4.85. The quantitative estimate of drug-likeness (QED) is 0.503. The molecule has 0 bridgehead atoms. The Morgan fingerprint density at radius 2 is 1.41 bits per heavy atom. The maximum Gasteiger partial charge on any atom is 0.304 e. The van der Waals surface area contributed by atoms with E-state index in [4.69, 9.17) is 8.85 Å². The van der Waals surface area contributed by atoms with Crippen LogP contribution in [-0.4, -0.2) is 49.1 Å². The van der Waals surface area contributed by atoms with Crippen LogP contribution in [0.2, 0.25) is 19.6 Å². The van der Waals surface area contributed by atoms with E-state index < -0.39 is 18.2 Å². The fraction of sp³-hybridized carbons (Fsp3) is 1.00. The smallest absolute Gasteiger partial charge is 0.304 e. The highest BCUT2D eigenvalue weighted by Gasteiger charge is 2.20.